The van der Waals surface area contributed by atoms with E-state index in [2.05, 4.69) is 10.3 Å². The number of hydrogen-bond acceptors (Lipinski definition) is 6. The Morgan fingerprint density at radius 3 is 2.55 bits per heavy atom. The van der Waals surface area contributed by atoms with Crippen LogP contribution < -0.4 is 16.5 Å². The molecule has 1 saturated heterocycles. The lowest BCUT2D eigenvalue weighted by Crippen LogP contribution is -2.25. The van der Waals surface area contributed by atoms with E-state index in [1.165, 1.54) is 10.8 Å². The van der Waals surface area contributed by atoms with Crippen molar-refractivity contribution in [3.05, 3.63) is 51.6 Å². The molecule has 1 saturated carbocycles. The van der Waals surface area contributed by atoms with E-state index in [0.717, 1.165) is 24.6 Å². The van der Waals surface area contributed by atoms with Crippen LogP contribution in [-0.2, 0) is 0 Å². The van der Waals surface area contributed by atoms with Crippen molar-refractivity contribution in [2.24, 2.45) is 0 Å². The number of aryl methyl sites for hydroxylation is 1. The highest BCUT2D eigenvalue weighted by Crippen LogP contribution is 2.40. The van der Waals surface area contributed by atoms with Crippen molar-refractivity contribution in [1.29, 1.82) is 0 Å². The molecule has 31 heavy (non-hydrogen) atoms. The monoisotopic (exact) mass is 432 g/mol. The molecule has 2 aromatic heterocycles. The molecule has 1 aliphatic carbocycles. The van der Waals surface area contributed by atoms with Gasteiger partial charge in [0.2, 0.25) is 5.43 Å². The average molecular weight is 432 g/mol. The summed E-state index contributed by atoms with van der Waals surface area (Å²) < 4.78 is 33.8. The zero-order valence-electron chi connectivity index (χ0n) is 16.9. The van der Waals surface area contributed by atoms with E-state index in [1.807, 2.05) is 6.92 Å². The molecule has 0 radical (unpaired) electrons. The van der Waals surface area contributed by atoms with Gasteiger partial charge in [-0.3, -0.25) is 4.79 Å². The largest absolute Gasteiger partial charge is 0.477 e. The maximum Gasteiger partial charge on any atom is 0.341 e. The normalized spacial score (nSPS) is 18.4. The number of carboxylic acids is 1. The smallest absolute Gasteiger partial charge is 0.341 e. The molecule has 2 aliphatic rings. The highest BCUT2D eigenvalue weighted by molar-refractivity contribution is 5.94. The quantitative estimate of drug-likeness (QED) is 0.649. The van der Waals surface area contributed by atoms with Crippen LogP contribution in [0.2, 0.25) is 0 Å². The second-order valence-corrected chi connectivity index (χ2v) is 7.96. The summed E-state index contributed by atoms with van der Waals surface area (Å²) in [4.78, 5) is 25.6. The van der Waals surface area contributed by atoms with Crippen LogP contribution in [0.3, 0.4) is 0 Å². The number of nitrogens with zero attached hydrogens (tertiary/aromatic N) is 5. The lowest BCUT2D eigenvalue weighted by atomic mass is 10.1. The highest BCUT2D eigenvalue weighted by atomic mass is 19.1. The predicted molar refractivity (Wildman–Crippen MR) is 109 cm³/mol. The van der Waals surface area contributed by atoms with Crippen LogP contribution in [0, 0.1) is 18.6 Å². The minimum Gasteiger partial charge on any atom is -0.477 e. The van der Waals surface area contributed by atoms with E-state index in [4.69, 9.17) is 0 Å². The standard InChI is InChI=1S/C20H19F2N5O3.H3N/c1-10-7-27(24-23-10)12-4-5-25(8-12)18-15(21)6-13-17(16(18)22)26(11-2-3-11)9-14(19(13)28)20(29)30;/h6-7,9,11-12H,2-5,8H2,1H3,(H,29,30);1H3. The first-order chi connectivity index (χ1) is 14.3. The molecule has 0 amide bonds. The van der Waals surface area contributed by atoms with E-state index in [0.29, 0.717) is 19.5 Å². The van der Waals surface area contributed by atoms with E-state index >= 15 is 8.78 Å². The molecule has 1 aromatic carbocycles. The SMILES string of the molecule is Cc1cn(C2CCN(c3c(F)cc4c(=O)c(C(=O)O)cn(C5CC5)c4c3F)C2)nn1.N. The first-order valence-electron chi connectivity index (χ1n) is 9.78. The number of benzene rings is 1. The summed E-state index contributed by atoms with van der Waals surface area (Å²) in [5.41, 5.74) is -0.832. The van der Waals surface area contributed by atoms with Crippen LogP contribution >= 0.6 is 0 Å². The number of pyridine rings is 1. The fourth-order valence-electron chi connectivity index (χ4n) is 4.22. The van der Waals surface area contributed by atoms with Crippen molar-refractivity contribution < 1.29 is 18.7 Å². The molecular formula is C20H22F2N6O3. The zero-order valence-corrected chi connectivity index (χ0v) is 16.9. The number of aromatic carboxylic acids is 1. The van der Waals surface area contributed by atoms with Gasteiger partial charge < -0.3 is 20.7 Å². The van der Waals surface area contributed by atoms with Gasteiger partial charge in [0.1, 0.15) is 17.1 Å². The Kier molecular flexibility index (Phi) is 5.00. The van der Waals surface area contributed by atoms with Crippen LogP contribution in [-0.4, -0.2) is 43.7 Å². The Morgan fingerprint density at radius 1 is 1.19 bits per heavy atom. The van der Waals surface area contributed by atoms with Gasteiger partial charge in [-0.1, -0.05) is 5.21 Å². The van der Waals surface area contributed by atoms with Crippen LogP contribution in [0.1, 0.15) is 47.4 Å². The Balaban J connectivity index is 0.00000231. The number of anilines is 1. The molecule has 11 heteroatoms. The molecule has 1 aliphatic heterocycles. The van der Waals surface area contributed by atoms with E-state index in [1.54, 1.807) is 15.8 Å². The molecule has 164 valence electrons. The third-order valence-electron chi connectivity index (χ3n) is 5.83. The molecule has 3 heterocycles. The first-order valence-corrected chi connectivity index (χ1v) is 9.78. The number of carboxylic acid groups (broad SMARTS) is 1. The molecule has 4 N–H and O–H groups in total. The van der Waals surface area contributed by atoms with Crippen molar-refractivity contribution in [1.82, 2.24) is 25.7 Å². The Hall–Kier alpha value is -3.34. The fourth-order valence-corrected chi connectivity index (χ4v) is 4.22. The predicted octanol–water partition coefficient (Wildman–Crippen LogP) is 2.83. The van der Waals surface area contributed by atoms with Gasteiger partial charge in [-0.25, -0.2) is 18.3 Å². The Morgan fingerprint density at radius 2 is 1.94 bits per heavy atom. The second kappa shape index (κ2) is 7.41. The van der Waals surface area contributed by atoms with Crippen LogP contribution in [0.15, 0.2) is 23.3 Å². The molecule has 2 fully saturated rings. The summed E-state index contributed by atoms with van der Waals surface area (Å²) in [6.07, 6.45) is 5.12. The summed E-state index contributed by atoms with van der Waals surface area (Å²) in [7, 11) is 0. The van der Waals surface area contributed by atoms with Crippen molar-refractivity contribution in [3.8, 4) is 0 Å². The summed E-state index contributed by atoms with van der Waals surface area (Å²) in [5.74, 6) is -3.12. The van der Waals surface area contributed by atoms with Gasteiger partial charge >= 0.3 is 5.97 Å². The molecule has 9 nitrogen and oxygen atoms in total. The molecule has 1 unspecified atom stereocenters. The number of rotatable bonds is 4. The third-order valence-corrected chi connectivity index (χ3v) is 5.83. The van der Waals surface area contributed by atoms with Crippen molar-refractivity contribution in [3.63, 3.8) is 0 Å². The number of hydrogen-bond donors (Lipinski definition) is 2. The molecule has 3 aromatic rings. The van der Waals surface area contributed by atoms with E-state index < -0.39 is 28.6 Å². The maximum absolute atomic E-state index is 15.7. The van der Waals surface area contributed by atoms with E-state index in [-0.39, 0.29) is 34.8 Å². The second-order valence-electron chi connectivity index (χ2n) is 7.96. The molecule has 0 spiro atoms. The van der Waals surface area contributed by atoms with Gasteiger partial charge in [-0.2, -0.15) is 0 Å². The number of halogens is 2. The Bertz CT molecular complexity index is 1250. The number of fused-ring (bicyclic) bond motifs is 1. The topological polar surface area (TPSA) is 128 Å². The summed E-state index contributed by atoms with van der Waals surface area (Å²) in [6, 6.07) is 0.804. The summed E-state index contributed by atoms with van der Waals surface area (Å²) in [6.45, 7) is 2.59. The minimum absolute atomic E-state index is 0. The van der Waals surface area contributed by atoms with Gasteiger partial charge in [0, 0.05) is 31.5 Å². The third kappa shape index (κ3) is 3.34. The maximum atomic E-state index is 15.7. The van der Waals surface area contributed by atoms with Gasteiger partial charge in [-0.15, -0.1) is 5.10 Å². The Labute approximate surface area is 175 Å². The number of aromatic nitrogens is 4. The number of carbonyl (C=O) groups is 1. The lowest BCUT2D eigenvalue weighted by Gasteiger charge is -2.22. The molecular weight excluding hydrogens is 410 g/mol. The molecule has 5 rings (SSSR count). The van der Waals surface area contributed by atoms with Crippen LogP contribution in [0.5, 0.6) is 0 Å². The lowest BCUT2D eigenvalue weighted by molar-refractivity contribution is 0.0694. The van der Waals surface area contributed by atoms with Crippen LogP contribution in [0.25, 0.3) is 10.9 Å². The fraction of sp³-hybridized carbons (Fsp3) is 0.400. The van der Waals surface area contributed by atoms with Crippen molar-refractivity contribution >= 4 is 22.6 Å². The van der Waals surface area contributed by atoms with Gasteiger partial charge in [-0.05, 0) is 32.3 Å². The van der Waals surface area contributed by atoms with Gasteiger partial charge in [0.25, 0.3) is 0 Å². The highest BCUT2D eigenvalue weighted by Gasteiger charge is 2.33. The molecule has 0 bridgehead atoms. The minimum atomic E-state index is -1.41. The average Bonchev–Trinajstić information content (AvgIpc) is 3.27. The first kappa shape index (κ1) is 20.9. The zero-order chi connectivity index (χ0) is 21.2. The van der Waals surface area contributed by atoms with Crippen molar-refractivity contribution in [2.75, 3.05) is 18.0 Å². The summed E-state index contributed by atoms with van der Waals surface area (Å²) >= 11 is 0. The van der Waals surface area contributed by atoms with Crippen molar-refractivity contribution in [2.45, 2.75) is 38.3 Å². The molecule has 1 atom stereocenters. The van der Waals surface area contributed by atoms with E-state index in [9.17, 15) is 14.7 Å². The summed E-state index contributed by atoms with van der Waals surface area (Å²) in [5, 5.41) is 17.1. The van der Waals surface area contributed by atoms with Crippen LogP contribution in [0.4, 0.5) is 14.5 Å². The van der Waals surface area contributed by atoms with Gasteiger partial charge in [0.05, 0.1) is 22.6 Å². The van der Waals surface area contributed by atoms with Gasteiger partial charge in [0.15, 0.2) is 5.82 Å².